The summed E-state index contributed by atoms with van der Waals surface area (Å²) >= 11 is 12.6. The third-order valence-corrected chi connectivity index (χ3v) is 6.23. The first-order valence-electron chi connectivity index (χ1n) is 11.5. The Balaban J connectivity index is 1.93. The quantitative estimate of drug-likeness (QED) is 0.272. The number of imidazole rings is 1. The van der Waals surface area contributed by atoms with Gasteiger partial charge in [-0.25, -0.2) is 4.98 Å². The minimum atomic E-state index is -0.136. The average molecular weight is 507 g/mol. The van der Waals surface area contributed by atoms with Crippen LogP contribution in [-0.4, -0.2) is 59.5 Å². The van der Waals surface area contributed by atoms with Gasteiger partial charge in [0.1, 0.15) is 5.82 Å². The molecule has 4 rings (SSSR count). The second kappa shape index (κ2) is 11.1. The zero-order valence-corrected chi connectivity index (χ0v) is 21.6. The fourth-order valence-corrected chi connectivity index (χ4v) is 4.32. The van der Waals surface area contributed by atoms with Crippen molar-refractivity contribution in [3.05, 3.63) is 94.6 Å². The Labute approximate surface area is 216 Å². The molecule has 35 heavy (non-hydrogen) atoms. The van der Waals surface area contributed by atoms with Crippen LogP contribution in [0, 0.1) is 0 Å². The number of aromatic nitrogens is 2. The fourth-order valence-electron chi connectivity index (χ4n) is 4.00. The molecule has 0 unspecified atom stereocenters. The van der Waals surface area contributed by atoms with E-state index in [2.05, 4.69) is 4.90 Å². The van der Waals surface area contributed by atoms with Crippen LogP contribution in [-0.2, 0) is 0 Å². The lowest BCUT2D eigenvalue weighted by Crippen LogP contribution is -2.30. The van der Waals surface area contributed by atoms with E-state index >= 15 is 0 Å². The number of halogens is 2. The van der Waals surface area contributed by atoms with Gasteiger partial charge in [0.2, 0.25) is 0 Å². The van der Waals surface area contributed by atoms with Gasteiger partial charge < -0.3 is 9.80 Å². The minimum Gasteiger partial charge on any atom is -0.340 e. The van der Waals surface area contributed by atoms with E-state index in [1.807, 2.05) is 105 Å². The van der Waals surface area contributed by atoms with Crippen molar-refractivity contribution in [1.29, 1.82) is 0 Å². The van der Waals surface area contributed by atoms with Crippen molar-refractivity contribution < 1.29 is 4.79 Å². The zero-order chi connectivity index (χ0) is 24.9. The van der Waals surface area contributed by atoms with Gasteiger partial charge in [0.05, 0.1) is 5.69 Å². The van der Waals surface area contributed by atoms with Gasteiger partial charge in [-0.3, -0.25) is 9.36 Å². The predicted octanol–water partition coefficient (Wildman–Crippen LogP) is 6.54. The van der Waals surface area contributed by atoms with Gasteiger partial charge >= 0.3 is 0 Å². The molecule has 1 heterocycles. The summed E-state index contributed by atoms with van der Waals surface area (Å²) in [5.41, 5.74) is 3.64. The number of carbonyl (C=O) groups is 1. The first-order valence-corrected chi connectivity index (χ1v) is 12.2. The first-order chi connectivity index (χ1) is 16.8. The van der Waals surface area contributed by atoms with Gasteiger partial charge in [-0.2, -0.15) is 0 Å². The normalized spacial score (nSPS) is 11.1. The maximum Gasteiger partial charge on any atom is 0.274 e. The summed E-state index contributed by atoms with van der Waals surface area (Å²) in [6, 6.07) is 24.9. The molecule has 1 aromatic heterocycles. The van der Waals surface area contributed by atoms with Crippen LogP contribution >= 0.6 is 23.2 Å². The molecular weight excluding hydrogens is 479 g/mol. The third-order valence-electron chi connectivity index (χ3n) is 5.74. The lowest BCUT2D eigenvalue weighted by Gasteiger charge is -2.19. The van der Waals surface area contributed by atoms with Crippen LogP contribution < -0.4 is 0 Å². The summed E-state index contributed by atoms with van der Waals surface area (Å²) in [6.07, 6.45) is 0.866. The lowest BCUT2D eigenvalue weighted by atomic mass is 10.1. The first kappa shape index (κ1) is 25.0. The summed E-state index contributed by atoms with van der Waals surface area (Å²) in [7, 11) is 5.88. The molecular formula is C28H28Cl2N4O. The molecule has 0 spiro atoms. The van der Waals surface area contributed by atoms with Crippen LogP contribution in [0.2, 0.25) is 10.0 Å². The molecule has 3 aromatic carbocycles. The van der Waals surface area contributed by atoms with Crippen LogP contribution in [0.25, 0.3) is 28.3 Å². The molecule has 0 aliphatic heterocycles. The standard InChI is InChI=1S/C28H28Cl2N4O/c1-32(2)17-8-18-33(3)28(35)25-26(21-11-7-12-23(30)19-21)34(24-15-13-22(29)14-16-24)27(31-25)20-9-5-4-6-10-20/h4-7,9-16,19H,8,17-18H2,1-3H3. The number of nitrogens with zero attached hydrogens (tertiary/aromatic N) is 4. The molecule has 0 aliphatic rings. The minimum absolute atomic E-state index is 0.136. The highest BCUT2D eigenvalue weighted by Gasteiger charge is 2.27. The molecule has 180 valence electrons. The molecule has 0 N–H and O–H groups in total. The fraction of sp³-hybridized carbons (Fsp3) is 0.214. The second-order valence-electron chi connectivity index (χ2n) is 8.70. The largest absolute Gasteiger partial charge is 0.340 e. The number of benzene rings is 3. The van der Waals surface area contributed by atoms with Crippen molar-refractivity contribution >= 4 is 29.1 Å². The van der Waals surface area contributed by atoms with E-state index in [9.17, 15) is 4.79 Å². The van der Waals surface area contributed by atoms with Gasteiger partial charge in [0.15, 0.2) is 5.69 Å². The highest BCUT2D eigenvalue weighted by Crippen LogP contribution is 2.35. The number of hydrogen-bond donors (Lipinski definition) is 0. The number of hydrogen-bond acceptors (Lipinski definition) is 3. The van der Waals surface area contributed by atoms with E-state index in [4.69, 9.17) is 28.2 Å². The Bertz CT molecular complexity index is 1300. The SMILES string of the molecule is CN(C)CCCN(C)C(=O)c1nc(-c2ccccc2)n(-c2ccc(Cl)cc2)c1-c1cccc(Cl)c1. The van der Waals surface area contributed by atoms with Crippen molar-refractivity contribution in [2.24, 2.45) is 0 Å². The van der Waals surface area contributed by atoms with Crippen molar-refractivity contribution in [3.63, 3.8) is 0 Å². The third kappa shape index (κ3) is 5.76. The molecule has 7 heteroatoms. The van der Waals surface area contributed by atoms with Crippen LogP contribution in [0.4, 0.5) is 0 Å². The Morgan fingerprint density at radius 3 is 2.17 bits per heavy atom. The molecule has 0 fully saturated rings. The smallest absolute Gasteiger partial charge is 0.274 e. The molecule has 0 atom stereocenters. The molecule has 0 saturated heterocycles. The van der Waals surface area contributed by atoms with Crippen molar-refractivity contribution in [1.82, 2.24) is 19.4 Å². The van der Waals surface area contributed by atoms with Crippen molar-refractivity contribution in [3.8, 4) is 28.3 Å². The number of carbonyl (C=O) groups excluding carboxylic acids is 1. The van der Waals surface area contributed by atoms with E-state index in [1.165, 1.54) is 0 Å². The average Bonchev–Trinajstić information content (AvgIpc) is 3.25. The summed E-state index contributed by atoms with van der Waals surface area (Å²) in [4.78, 5) is 22.5. The number of amides is 1. The highest BCUT2D eigenvalue weighted by molar-refractivity contribution is 6.31. The summed E-state index contributed by atoms with van der Waals surface area (Å²) in [6.45, 7) is 1.52. The molecule has 0 radical (unpaired) electrons. The van der Waals surface area contributed by atoms with Crippen LogP contribution in [0.15, 0.2) is 78.9 Å². The molecule has 0 saturated carbocycles. The highest BCUT2D eigenvalue weighted by atomic mass is 35.5. The maximum atomic E-state index is 13.8. The van der Waals surface area contributed by atoms with E-state index in [-0.39, 0.29) is 5.91 Å². The van der Waals surface area contributed by atoms with Crippen LogP contribution in [0.3, 0.4) is 0 Å². The van der Waals surface area contributed by atoms with Gasteiger partial charge in [0.25, 0.3) is 5.91 Å². The Morgan fingerprint density at radius 2 is 1.51 bits per heavy atom. The van der Waals surface area contributed by atoms with E-state index < -0.39 is 0 Å². The Morgan fingerprint density at radius 1 is 0.829 bits per heavy atom. The monoisotopic (exact) mass is 506 g/mol. The van der Waals surface area contributed by atoms with Gasteiger partial charge in [-0.1, -0.05) is 65.7 Å². The predicted molar refractivity (Wildman–Crippen MR) is 145 cm³/mol. The van der Waals surface area contributed by atoms with Gasteiger partial charge in [-0.05, 0) is 63.5 Å². The van der Waals surface area contributed by atoms with Crippen molar-refractivity contribution in [2.45, 2.75) is 6.42 Å². The summed E-state index contributed by atoms with van der Waals surface area (Å²) < 4.78 is 2.01. The van der Waals surface area contributed by atoms with Crippen molar-refractivity contribution in [2.75, 3.05) is 34.2 Å². The Hall–Kier alpha value is -3.12. The van der Waals surface area contributed by atoms with Crippen LogP contribution in [0.5, 0.6) is 0 Å². The topological polar surface area (TPSA) is 41.4 Å². The zero-order valence-electron chi connectivity index (χ0n) is 20.1. The van der Waals surface area contributed by atoms with E-state index in [1.54, 1.807) is 4.90 Å². The summed E-state index contributed by atoms with van der Waals surface area (Å²) in [5.74, 6) is 0.538. The van der Waals surface area contributed by atoms with Gasteiger partial charge in [-0.15, -0.1) is 0 Å². The lowest BCUT2D eigenvalue weighted by molar-refractivity contribution is 0.0786. The molecule has 0 bridgehead atoms. The van der Waals surface area contributed by atoms with E-state index in [0.717, 1.165) is 29.8 Å². The van der Waals surface area contributed by atoms with Crippen LogP contribution in [0.1, 0.15) is 16.9 Å². The molecule has 0 aliphatic carbocycles. The Kier molecular flexibility index (Phi) is 7.91. The maximum absolute atomic E-state index is 13.8. The molecule has 5 nitrogen and oxygen atoms in total. The second-order valence-corrected chi connectivity index (χ2v) is 9.58. The number of rotatable bonds is 8. The van der Waals surface area contributed by atoms with Gasteiger partial charge in [0, 0.05) is 40.5 Å². The molecule has 4 aromatic rings. The summed E-state index contributed by atoms with van der Waals surface area (Å²) in [5, 5.41) is 1.22. The molecule has 1 amide bonds. The van der Waals surface area contributed by atoms with E-state index in [0.29, 0.717) is 33.8 Å².